The largest absolute Gasteiger partial charge is 0.399 e. The number of nitrogens with zero attached hydrogens (tertiary/aromatic N) is 2. The van der Waals surface area contributed by atoms with Crippen LogP contribution in [0.15, 0.2) is 46.9 Å². The standard InChI is InChI=1S/C17H18BrN3/c1-11(2)17-20-15-9-14(19)7-8-16(15)21(17)10-12-3-5-13(18)6-4-12/h3-9,11H,10,19H2,1-2H3. The number of aromatic nitrogens is 2. The van der Waals surface area contributed by atoms with Gasteiger partial charge in [-0.3, -0.25) is 0 Å². The van der Waals surface area contributed by atoms with E-state index in [1.54, 1.807) is 0 Å². The lowest BCUT2D eigenvalue weighted by Crippen LogP contribution is -2.06. The van der Waals surface area contributed by atoms with Crippen molar-refractivity contribution in [2.75, 3.05) is 5.73 Å². The Morgan fingerprint density at radius 2 is 1.86 bits per heavy atom. The molecule has 4 heteroatoms. The van der Waals surface area contributed by atoms with Crippen LogP contribution >= 0.6 is 15.9 Å². The van der Waals surface area contributed by atoms with Crippen molar-refractivity contribution >= 4 is 32.7 Å². The number of hydrogen-bond acceptors (Lipinski definition) is 2. The Bertz CT molecular complexity index is 773. The van der Waals surface area contributed by atoms with Crippen LogP contribution in [0.3, 0.4) is 0 Å². The quantitative estimate of drug-likeness (QED) is 0.708. The van der Waals surface area contributed by atoms with Crippen molar-refractivity contribution in [2.45, 2.75) is 26.3 Å². The molecule has 3 rings (SSSR count). The van der Waals surface area contributed by atoms with Crippen molar-refractivity contribution in [3.8, 4) is 0 Å². The fourth-order valence-electron chi connectivity index (χ4n) is 2.54. The van der Waals surface area contributed by atoms with Crippen LogP contribution < -0.4 is 5.73 Å². The minimum atomic E-state index is 0.370. The van der Waals surface area contributed by atoms with Gasteiger partial charge in [0, 0.05) is 22.6 Å². The normalized spacial score (nSPS) is 11.4. The van der Waals surface area contributed by atoms with E-state index in [0.717, 1.165) is 33.6 Å². The predicted octanol–water partition coefficient (Wildman–Crippen LogP) is 4.55. The molecule has 108 valence electrons. The number of benzene rings is 2. The second-order valence-corrected chi connectivity index (χ2v) is 6.50. The van der Waals surface area contributed by atoms with Crippen molar-refractivity contribution < 1.29 is 0 Å². The highest BCUT2D eigenvalue weighted by molar-refractivity contribution is 9.10. The number of fused-ring (bicyclic) bond motifs is 1. The van der Waals surface area contributed by atoms with Crippen LogP contribution in [-0.4, -0.2) is 9.55 Å². The van der Waals surface area contributed by atoms with Gasteiger partial charge in [0.15, 0.2) is 0 Å². The van der Waals surface area contributed by atoms with Crippen molar-refractivity contribution in [2.24, 2.45) is 0 Å². The van der Waals surface area contributed by atoms with Crippen LogP contribution in [0.5, 0.6) is 0 Å². The van der Waals surface area contributed by atoms with Gasteiger partial charge in [-0.2, -0.15) is 0 Å². The summed E-state index contributed by atoms with van der Waals surface area (Å²) in [4.78, 5) is 4.76. The summed E-state index contributed by atoms with van der Waals surface area (Å²) in [5.41, 5.74) is 9.99. The number of anilines is 1. The molecule has 0 atom stereocenters. The Morgan fingerprint density at radius 3 is 2.52 bits per heavy atom. The second-order valence-electron chi connectivity index (χ2n) is 5.59. The van der Waals surface area contributed by atoms with E-state index in [4.69, 9.17) is 10.7 Å². The lowest BCUT2D eigenvalue weighted by atomic mass is 10.2. The molecule has 2 N–H and O–H groups in total. The fourth-order valence-corrected chi connectivity index (χ4v) is 2.81. The van der Waals surface area contributed by atoms with Crippen molar-refractivity contribution in [3.05, 3.63) is 58.3 Å². The maximum Gasteiger partial charge on any atom is 0.112 e. The highest BCUT2D eigenvalue weighted by atomic mass is 79.9. The minimum Gasteiger partial charge on any atom is -0.399 e. The first kappa shape index (κ1) is 14.1. The van der Waals surface area contributed by atoms with Crippen molar-refractivity contribution in [1.29, 1.82) is 0 Å². The Morgan fingerprint density at radius 1 is 1.14 bits per heavy atom. The zero-order chi connectivity index (χ0) is 15.0. The maximum atomic E-state index is 5.87. The average Bonchev–Trinajstić information content (AvgIpc) is 2.79. The van der Waals surface area contributed by atoms with E-state index in [0.29, 0.717) is 5.92 Å². The molecule has 0 saturated heterocycles. The summed E-state index contributed by atoms with van der Waals surface area (Å²) in [5.74, 6) is 1.47. The van der Waals surface area contributed by atoms with Gasteiger partial charge < -0.3 is 10.3 Å². The molecular weight excluding hydrogens is 326 g/mol. The number of imidazole rings is 1. The molecule has 1 aromatic heterocycles. The maximum absolute atomic E-state index is 5.87. The van der Waals surface area contributed by atoms with Crippen LogP contribution in [0, 0.1) is 0 Å². The van der Waals surface area contributed by atoms with Gasteiger partial charge in [0.25, 0.3) is 0 Å². The average molecular weight is 344 g/mol. The number of nitrogen functional groups attached to an aromatic ring is 1. The first-order chi connectivity index (χ1) is 10.0. The number of hydrogen-bond donors (Lipinski definition) is 1. The van der Waals surface area contributed by atoms with Gasteiger partial charge >= 0.3 is 0 Å². The lowest BCUT2D eigenvalue weighted by Gasteiger charge is -2.11. The Hall–Kier alpha value is -1.81. The predicted molar refractivity (Wildman–Crippen MR) is 91.5 cm³/mol. The first-order valence-corrected chi connectivity index (χ1v) is 7.84. The highest BCUT2D eigenvalue weighted by Gasteiger charge is 2.14. The van der Waals surface area contributed by atoms with Crippen LogP contribution in [0.25, 0.3) is 11.0 Å². The van der Waals surface area contributed by atoms with Crippen LogP contribution in [0.4, 0.5) is 5.69 Å². The number of rotatable bonds is 3. The highest BCUT2D eigenvalue weighted by Crippen LogP contribution is 2.25. The molecule has 0 aliphatic heterocycles. The van der Waals surface area contributed by atoms with Gasteiger partial charge in [-0.15, -0.1) is 0 Å². The lowest BCUT2D eigenvalue weighted by molar-refractivity contribution is 0.683. The van der Waals surface area contributed by atoms with E-state index in [9.17, 15) is 0 Å². The smallest absolute Gasteiger partial charge is 0.112 e. The molecule has 0 radical (unpaired) electrons. The molecule has 0 saturated carbocycles. The van der Waals surface area contributed by atoms with Gasteiger partial charge in [-0.25, -0.2) is 4.98 Å². The molecule has 2 aromatic carbocycles. The molecule has 0 bridgehead atoms. The second kappa shape index (κ2) is 5.53. The van der Waals surface area contributed by atoms with E-state index in [-0.39, 0.29) is 0 Å². The molecule has 21 heavy (non-hydrogen) atoms. The summed E-state index contributed by atoms with van der Waals surface area (Å²) < 4.78 is 3.38. The minimum absolute atomic E-state index is 0.370. The van der Waals surface area contributed by atoms with Crippen molar-refractivity contribution in [1.82, 2.24) is 9.55 Å². The molecule has 0 amide bonds. The first-order valence-electron chi connectivity index (χ1n) is 7.04. The van der Waals surface area contributed by atoms with E-state index in [2.05, 4.69) is 64.7 Å². The van der Waals surface area contributed by atoms with Gasteiger partial charge in [0.1, 0.15) is 5.82 Å². The summed E-state index contributed by atoms with van der Waals surface area (Å²) in [7, 11) is 0. The Balaban J connectivity index is 2.10. The van der Waals surface area contributed by atoms with E-state index >= 15 is 0 Å². The van der Waals surface area contributed by atoms with E-state index < -0.39 is 0 Å². The molecule has 0 aliphatic carbocycles. The molecule has 3 nitrogen and oxygen atoms in total. The number of halogens is 1. The summed E-state index contributed by atoms with van der Waals surface area (Å²) in [5, 5.41) is 0. The zero-order valence-electron chi connectivity index (χ0n) is 12.2. The molecule has 0 spiro atoms. The number of nitrogens with two attached hydrogens (primary N) is 1. The van der Waals surface area contributed by atoms with Gasteiger partial charge in [0.05, 0.1) is 11.0 Å². The summed E-state index contributed by atoms with van der Waals surface area (Å²) in [6, 6.07) is 14.4. The van der Waals surface area contributed by atoms with Gasteiger partial charge in [-0.05, 0) is 35.9 Å². The third-order valence-corrected chi connectivity index (χ3v) is 4.10. The molecule has 3 aromatic rings. The molecule has 1 heterocycles. The summed E-state index contributed by atoms with van der Waals surface area (Å²) in [6.45, 7) is 5.16. The SMILES string of the molecule is CC(C)c1nc2cc(N)ccc2n1Cc1ccc(Br)cc1. The molecular formula is C17H18BrN3. The fraction of sp³-hybridized carbons (Fsp3) is 0.235. The van der Waals surface area contributed by atoms with Gasteiger partial charge in [0.2, 0.25) is 0 Å². The van der Waals surface area contributed by atoms with Crippen LogP contribution in [0.1, 0.15) is 31.2 Å². The summed E-state index contributed by atoms with van der Waals surface area (Å²) in [6.07, 6.45) is 0. The monoisotopic (exact) mass is 343 g/mol. The van der Waals surface area contributed by atoms with E-state index in [1.807, 2.05) is 12.1 Å². The molecule has 0 aliphatic rings. The van der Waals surface area contributed by atoms with E-state index in [1.165, 1.54) is 5.56 Å². The van der Waals surface area contributed by atoms with Gasteiger partial charge in [-0.1, -0.05) is 41.9 Å². The Kier molecular flexibility index (Phi) is 3.72. The zero-order valence-corrected chi connectivity index (χ0v) is 13.8. The third kappa shape index (κ3) is 2.81. The topological polar surface area (TPSA) is 43.8 Å². The van der Waals surface area contributed by atoms with Crippen LogP contribution in [-0.2, 0) is 6.54 Å². The third-order valence-electron chi connectivity index (χ3n) is 3.57. The van der Waals surface area contributed by atoms with Crippen molar-refractivity contribution in [3.63, 3.8) is 0 Å². The molecule has 0 unspecified atom stereocenters. The molecule has 0 fully saturated rings. The van der Waals surface area contributed by atoms with Crippen LogP contribution in [0.2, 0.25) is 0 Å². The Labute approximate surface area is 132 Å². The summed E-state index contributed by atoms with van der Waals surface area (Å²) >= 11 is 3.48.